The van der Waals surface area contributed by atoms with Crippen LogP contribution in [0.4, 0.5) is 0 Å². The maximum Gasteiger partial charge on any atom is 0.334 e. The van der Waals surface area contributed by atoms with Crippen LogP contribution in [0.1, 0.15) is 22.8 Å². The minimum absolute atomic E-state index is 0.150. The highest BCUT2D eigenvalue weighted by molar-refractivity contribution is 8.03. The highest BCUT2D eigenvalue weighted by Gasteiger charge is 2.56. The largest absolute Gasteiger partial charge is 0.451 e. The molecule has 1 fully saturated rings. The number of fused-ring (bicyclic) bond motifs is 1. The molecule has 7 nitrogen and oxygen atoms in total. The summed E-state index contributed by atoms with van der Waals surface area (Å²) in [6.45, 7) is 0. The highest BCUT2D eigenvalue weighted by Crippen LogP contribution is 2.40. The number of thiophene rings is 1. The first kappa shape index (κ1) is 24.0. The van der Waals surface area contributed by atoms with E-state index in [-0.39, 0.29) is 17.9 Å². The summed E-state index contributed by atoms with van der Waals surface area (Å²) < 4.78 is 5.95. The normalized spacial score (nSPS) is 20.7. The maximum absolute atomic E-state index is 13.5. The van der Waals surface area contributed by atoms with Crippen LogP contribution in [0.2, 0.25) is 0 Å². The molecule has 2 aliphatic heterocycles. The van der Waals surface area contributed by atoms with E-state index in [1.165, 1.54) is 28.0 Å². The van der Waals surface area contributed by atoms with Crippen LogP contribution in [0, 0.1) is 0 Å². The number of hydrogen-bond acceptors (Lipinski definition) is 7. The van der Waals surface area contributed by atoms with Crippen LogP contribution in [0.15, 0.2) is 88.5 Å². The van der Waals surface area contributed by atoms with Gasteiger partial charge in [0.25, 0.3) is 0 Å². The van der Waals surface area contributed by atoms with Gasteiger partial charge < -0.3 is 15.0 Å². The molecule has 2 aliphatic rings. The number of benzene rings is 2. The zero-order valence-corrected chi connectivity index (χ0v) is 20.6. The number of carbonyl (C=O) groups excluding carboxylic acids is 4. The number of amides is 2. The Morgan fingerprint density at radius 2 is 1.69 bits per heavy atom. The Morgan fingerprint density at radius 1 is 1.03 bits per heavy atom. The number of aldehydes is 1. The number of carbonyl (C=O) groups is 4. The van der Waals surface area contributed by atoms with Crippen molar-refractivity contribution in [1.29, 1.82) is 0 Å². The first-order valence-electron chi connectivity index (χ1n) is 11.3. The molecule has 36 heavy (non-hydrogen) atoms. The van der Waals surface area contributed by atoms with Gasteiger partial charge in [0, 0.05) is 5.57 Å². The van der Waals surface area contributed by atoms with Gasteiger partial charge in [-0.15, -0.1) is 11.8 Å². The number of ether oxygens (including phenoxy) is 1. The van der Waals surface area contributed by atoms with Crippen LogP contribution in [0.3, 0.4) is 0 Å². The van der Waals surface area contributed by atoms with Crippen molar-refractivity contribution >= 4 is 47.2 Å². The van der Waals surface area contributed by atoms with E-state index in [0.717, 1.165) is 16.7 Å². The average Bonchev–Trinajstić information content (AvgIpc) is 3.43. The van der Waals surface area contributed by atoms with Crippen molar-refractivity contribution in [3.8, 4) is 0 Å². The molecular weight excluding hydrogens is 496 g/mol. The van der Waals surface area contributed by atoms with Crippen molar-refractivity contribution in [2.24, 2.45) is 0 Å². The van der Waals surface area contributed by atoms with E-state index in [9.17, 15) is 19.2 Å². The van der Waals surface area contributed by atoms with Crippen LogP contribution >= 0.6 is 23.1 Å². The summed E-state index contributed by atoms with van der Waals surface area (Å²) in [7, 11) is 0. The Morgan fingerprint density at radius 3 is 2.28 bits per heavy atom. The van der Waals surface area contributed by atoms with Crippen LogP contribution in [0.25, 0.3) is 0 Å². The Hall–Kier alpha value is -3.69. The number of β-lactam (4-membered cyclic amide) rings is 1. The summed E-state index contributed by atoms with van der Waals surface area (Å²) in [4.78, 5) is 52.2. The quantitative estimate of drug-likeness (QED) is 0.279. The second-order valence-corrected chi connectivity index (χ2v) is 10.2. The van der Waals surface area contributed by atoms with Crippen molar-refractivity contribution in [2.75, 3.05) is 0 Å². The Labute approximate surface area is 216 Å². The zero-order chi connectivity index (χ0) is 25.1. The molecule has 2 amide bonds. The van der Waals surface area contributed by atoms with Gasteiger partial charge >= 0.3 is 5.97 Å². The standard InChI is InChI=1S/C27H22N2O5S2/c30-14-20-16-36-26-22(28-21(31)13-17-11-12-35-15-17)25(32)29(26)23(20)27(33)34-24(18-7-3-1-4-8-18)19-9-5-2-6-10-19/h1-12,14-16,22-24,26H,13H2,(H,28,31)/t22?,23?,26-/m1/s1. The van der Waals surface area contributed by atoms with Gasteiger partial charge in [-0.25, -0.2) is 4.79 Å². The van der Waals surface area contributed by atoms with Crippen LogP contribution in [-0.4, -0.2) is 46.4 Å². The number of hydrogen-bond donors (Lipinski definition) is 1. The molecule has 0 radical (unpaired) electrons. The van der Waals surface area contributed by atoms with Gasteiger partial charge in [0.15, 0.2) is 12.1 Å². The molecule has 0 bridgehead atoms. The first-order valence-corrected chi connectivity index (χ1v) is 13.2. The first-order chi connectivity index (χ1) is 17.6. The molecule has 1 N–H and O–H groups in total. The van der Waals surface area contributed by atoms with Gasteiger partial charge in [-0.05, 0) is 38.9 Å². The molecule has 1 saturated heterocycles. The second-order valence-electron chi connectivity index (χ2n) is 8.40. The lowest BCUT2D eigenvalue weighted by Gasteiger charge is -2.51. The lowest BCUT2D eigenvalue weighted by atomic mass is 9.97. The molecule has 0 spiro atoms. The van der Waals surface area contributed by atoms with Gasteiger partial charge in [0.05, 0.1) is 6.42 Å². The third kappa shape index (κ3) is 4.72. The number of esters is 1. The molecule has 1 aromatic heterocycles. The fourth-order valence-electron chi connectivity index (χ4n) is 4.32. The molecule has 5 rings (SSSR count). The van der Waals surface area contributed by atoms with E-state index in [0.29, 0.717) is 6.29 Å². The van der Waals surface area contributed by atoms with E-state index in [1.54, 1.807) is 5.41 Å². The summed E-state index contributed by atoms with van der Waals surface area (Å²) >= 11 is 2.73. The summed E-state index contributed by atoms with van der Waals surface area (Å²) in [5.41, 5.74) is 2.56. The SMILES string of the molecule is O=CC1=CS[C@@H]2C(NC(=O)Cc3ccsc3)C(=O)N2C1C(=O)OC(c1ccccc1)c1ccccc1. The summed E-state index contributed by atoms with van der Waals surface area (Å²) in [5, 5.41) is 7.61. The monoisotopic (exact) mass is 518 g/mol. The van der Waals surface area contributed by atoms with Crippen LogP contribution < -0.4 is 5.32 Å². The highest BCUT2D eigenvalue weighted by atomic mass is 32.2. The average molecular weight is 519 g/mol. The van der Waals surface area contributed by atoms with E-state index in [1.807, 2.05) is 77.5 Å². The summed E-state index contributed by atoms with van der Waals surface area (Å²) in [6.07, 6.45) is 0.0325. The van der Waals surface area contributed by atoms with Crippen LogP contribution in [0.5, 0.6) is 0 Å². The van der Waals surface area contributed by atoms with Crippen molar-refractivity contribution < 1.29 is 23.9 Å². The third-order valence-corrected chi connectivity index (χ3v) is 8.00. The fourth-order valence-corrected chi connectivity index (χ4v) is 6.17. The molecular formula is C27H22N2O5S2. The van der Waals surface area contributed by atoms with Crippen molar-refractivity contribution in [1.82, 2.24) is 10.2 Å². The molecule has 182 valence electrons. The minimum Gasteiger partial charge on any atom is -0.451 e. The van der Waals surface area contributed by atoms with Gasteiger partial charge in [-0.2, -0.15) is 11.3 Å². The number of nitrogens with one attached hydrogen (secondary N) is 1. The van der Waals surface area contributed by atoms with E-state index in [2.05, 4.69) is 5.32 Å². The Balaban J connectivity index is 1.35. The van der Waals surface area contributed by atoms with E-state index in [4.69, 9.17) is 4.74 Å². The second kappa shape index (κ2) is 10.5. The molecule has 0 saturated carbocycles. The molecule has 2 unspecified atom stereocenters. The van der Waals surface area contributed by atoms with E-state index < -0.39 is 35.4 Å². The number of rotatable bonds is 8. The molecule has 0 aliphatic carbocycles. The number of thioether (sulfide) groups is 1. The van der Waals surface area contributed by atoms with Crippen molar-refractivity contribution in [2.45, 2.75) is 30.0 Å². The van der Waals surface area contributed by atoms with E-state index >= 15 is 0 Å². The smallest absolute Gasteiger partial charge is 0.334 e. The lowest BCUT2D eigenvalue weighted by molar-refractivity contribution is -0.165. The Kier molecular flexibility index (Phi) is 7.02. The van der Waals surface area contributed by atoms with Crippen molar-refractivity contribution in [3.63, 3.8) is 0 Å². The zero-order valence-electron chi connectivity index (χ0n) is 19.0. The van der Waals surface area contributed by atoms with Gasteiger partial charge in [-0.3, -0.25) is 14.4 Å². The maximum atomic E-state index is 13.5. The topological polar surface area (TPSA) is 92.8 Å². The minimum atomic E-state index is -1.18. The van der Waals surface area contributed by atoms with Gasteiger partial charge in [0.2, 0.25) is 11.8 Å². The number of nitrogens with zero attached hydrogens (tertiary/aromatic N) is 1. The summed E-state index contributed by atoms with van der Waals surface area (Å²) in [5.74, 6) is -1.39. The van der Waals surface area contributed by atoms with Gasteiger partial charge in [0.1, 0.15) is 17.7 Å². The Bertz CT molecular complexity index is 1250. The lowest BCUT2D eigenvalue weighted by Crippen LogP contribution is -2.74. The predicted molar refractivity (Wildman–Crippen MR) is 137 cm³/mol. The van der Waals surface area contributed by atoms with Gasteiger partial charge in [-0.1, -0.05) is 60.7 Å². The van der Waals surface area contributed by atoms with Crippen molar-refractivity contribution in [3.05, 3.63) is 105 Å². The summed E-state index contributed by atoms with van der Waals surface area (Å²) in [6, 6.07) is 18.5. The molecule has 3 aromatic rings. The molecule has 3 heterocycles. The van der Waals surface area contributed by atoms with Crippen LogP contribution in [-0.2, 0) is 30.3 Å². The molecule has 3 atom stereocenters. The predicted octanol–water partition coefficient (Wildman–Crippen LogP) is 3.47. The molecule has 2 aromatic carbocycles. The molecule has 9 heteroatoms. The third-order valence-electron chi connectivity index (χ3n) is 6.08. The fraction of sp³-hybridized carbons (Fsp3) is 0.185.